The molecule has 0 aliphatic carbocycles. The second-order valence-corrected chi connectivity index (χ2v) is 8.02. The van der Waals surface area contributed by atoms with Crippen molar-refractivity contribution in [2.24, 2.45) is 0 Å². The molecule has 2 aromatic rings. The summed E-state index contributed by atoms with van der Waals surface area (Å²) >= 11 is 0. The lowest BCUT2D eigenvalue weighted by atomic mass is 10.1. The zero-order valence-corrected chi connectivity index (χ0v) is 18.2. The molecule has 0 aromatic heterocycles. The number of hydrogen-bond acceptors (Lipinski definition) is 6. The van der Waals surface area contributed by atoms with Crippen molar-refractivity contribution in [1.29, 1.82) is 0 Å². The van der Waals surface area contributed by atoms with Crippen molar-refractivity contribution in [3.8, 4) is 17.2 Å². The van der Waals surface area contributed by atoms with Gasteiger partial charge in [-0.2, -0.15) is 0 Å². The molecule has 158 valence electrons. The molecule has 9 heteroatoms. The van der Waals surface area contributed by atoms with Crippen LogP contribution in [0.1, 0.15) is 28.4 Å². The van der Waals surface area contributed by atoms with Gasteiger partial charge in [0.15, 0.2) is 11.5 Å². The second kappa shape index (κ2) is 9.15. The lowest BCUT2D eigenvalue weighted by molar-refractivity contribution is 0.102. The quantitative estimate of drug-likeness (QED) is 0.678. The van der Waals surface area contributed by atoms with Crippen LogP contribution in [0.4, 0.5) is 5.69 Å². The van der Waals surface area contributed by atoms with E-state index in [1.54, 1.807) is 32.9 Å². The van der Waals surface area contributed by atoms with Crippen molar-refractivity contribution in [2.45, 2.75) is 25.7 Å². The fourth-order valence-corrected chi connectivity index (χ4v) is 4.06. The van der Waals surface area contributed by atoms with E-state index >= 15 is 0 Å². The number of methoxy groups -OCH3 is 3. The highest BCUT2D eigenvalue weighted by Gasteiger charge is 2.21. The van der Waals surface area contributed by atoms with Crippen molar-refractivity contribution in [3.05, 3.63) is 41.0 Å². The van der Waals surface area contributed by atoms with Crippen LogP contribution in [0.25, 0.3) is 0 Å². The number of anilines is 1. The Balaban J connectivity index is 2.49. The fourth-order valence-electron chi connectivity index (χ4n) is 2.99. The van der Waals surface area contributed by atoms with E-state index in [4.69, 9.17) is 14.2 Å². The summed E-state index contributed by atoms with van der Waals surface area (Å²) in [5.74, 6) is 0.879. The van der Waals surface area contributed by atoms with Gasteiger partial charge in [0, 0.05) is 23.7 Å². The average molecular weight is 423 g/mol. The summed E-state index contributed by atoms with van der Waals surface area (Å²) in [6.07, 6.45) is 0. The Hall–Kier alpha value is -2.78. The maximum Gasteiger partial charge on any atom is 0.256 e. The SMILES string of the molecule is CCNS(=O)(=O)c1ccc(C)c(C(=O)Nc2cc(OC)c(OC)c(C)c2OC)c1. The molecular weight excluding hydrogens is 396 g/mol. The van der Waals surface area contributed by atoms with Gasteiger partial charge >= 0.3 is 0 Å². The molecular formula is C20H26N2O6S. The molecule has 0 unspecified atom stereocenters. The molecule has 0 aliphatic heterocycles. The Morgan fingerprint density at radius 1 is 1.00 bits per heavy atom. The number of aryl methyl sites for hydroxylation is 1. The number of amides is 1. The zero-order chi connectivity index (χ0) is 21.8. The van der Waals surface area contributed by atoms with Crippen molar-refractivity contribution in [1.82, 2.24) is 4.72 Å². The number of benzene rings is 2. The molecule has 0 spiro atoms. The van der Waals surface area contributed by atoms with E-state index in [2.05, 4.69) is 10.0 Å². The number of hydrogen-bond donors (Lipinski definition) is 2. The minimum Gasteiger partial charge on any atom is -0.494 e. The molecule has 0 saturated heterocycles. The number of nitrogens with one attached hydrogen (secondary N) is 2. The summed E-state index contributed by atoms with van der Waals surface area (Å²) in [4.78, 5) is 13.0. The van der Waals surface area contributed by atoms with Gasteiger partial charge in [0.1, 0.15) is 5.75 Å². The normalized spacial score (nSPS) is 11.1. The standard InChI is InChI=1S/C20H26N2O6S/c1-7-21-29(24,25)14-9-8-12(2)15(10-14)20(23)22-16-11-17(26-4)19(28-6)13(3)18(16)27-5/h8-11,21H,7H2,1-6H3,(H,22,23). The number of carbonyl (C=O) groups excluding carboxylic acids is 1. The Morgan fingerprint density at radius 3 is 2.21 bits per heavy atom. The van der Waals surface area contributed by atoms with Gasteiger partial charge in [-0.05, 0) is 31.5 Å². The molecule has 2 aromatic carbocycles. The van der Waals surface area contributed by atoms with E-state index in [1.165, 1.54) is 33.5 Å². The van der Waals surface area contributed by atoms with E-state index in [9.17, 15) is 13.2 Å². The topological polar surface area (TPSA) is 103 Å². The van der Waals surface area contributed by atoms with E-state index in [0.29, 0.717) is 34.1 Å². The van der Waals surface area contributed by atoms with Gasteiger partial charge in [0.25, 0.3) is 5.91 Å². The Labute approximate surface area is 171 Å². The van der Waals surface area contributed by atoms with Crippen LogP contribution in [-0.2, 0) is 10.0 Å². The Kier molecular flexibility index (Phi) is 7.10. The lowest BCUT2D eigenvalue weighted by Gasteiger charge is -2.18. The van der Waals surface area contributed by atoms with Gasteiger partial charge in [-0.1, -0.05) is 13.0 Å². The predicted molar refractivity (Wildman–Crippen MR) is 111 cm³/mol. The predicted octanol–water partition coefficient (Wildman–Crippen LogP) is 2.88. The number of sulfonamides is 1. The molecule has 0 heterocycles. The van der Waals surface area contributed by atoms with E-state index in [0.717, 1.165) is 0 Å². The largest absolute Gasteiger partial charge is 0.494 e. The van der Waals surface area contributed by atoms with Crippen LogP contribution < -0.4 is 24.2 Å². The van der Waals surface area contributed by atoms with Crippen LogP contribution in [0.3, 0.4) is 0 Å². The molecule has 0 aliphatic rings. The molecule has 0 saturated carbocycles. The summed E-state index contributed by atoms with van der Waals surface area (Å²) in [7, 11) is 0.809. The summed E-state index contributed by atoms with van der Waals surface area (Å²) in [5, 5.41) is 2.78. The van der Waals surface area contributed by atoms with Crippen LogP contribution in [0.5, 0.6) is 17.2 Å². The van der Waals surface area contributed by atoms with Crippen molar-refractivity contribution >= 4 is 21.6 Å². The molecule has 0 bridgehead atoms. The first kappa shape index (κ1) is 22.5. The van der Waals surface area contributed by atoms with Gasteiger partial charge in [0.05, 0.1) is 31.9 Å². The summed E-state index contributed by atoms with van der Waals surface area (Å²) in [5.41, 5.74) is 1.91. The van der Waals surface area contributed by atoms with Crippen molar-refractivity contribution in [2.75, 3.05) is 33.2 Å². The maximum atomic E-state index is 13.0. The first-order valence-corrected chi connectivity index (χ1v) is 10.4. The van der Waals surface area contributed by atoms with Gasteiger partial charge < -0.3 is 19.5 Å². The van der Waals surface area contributed by atoms with Gasteiger partial charge in [-0.25, -0.2) is 13.1 Å². The van der Waals surface area contributed by atoms with Gasteiger partial charge in [-0.3, -0.25) is 4.79 Å². The highest BCUT2D eigenvalue weighted by Crippen LogP contribution is 2.42. The zero-order valence-electron chi connectivity index (χ0n) is 17.4. The van der Waals surface area contributed by atoms with Gasteiger partial charge in [-0.15, -0.1) is 0 Å². The van der Waals surface area contributed by atoms with Crippen LogP contribution in [-0.4, -0.2) is 42.2 Å². The molecule has 0 radical (unpaired) electrons. The monoisotopic (exact) mass is 422 g/mol. The van der Waals surface area contributed by atoms with Crippen LogP contribution >= 0.6 is 0 Å². The number of rotatable bonds is 8. The molecule has 1 amide bonds. The van der Waals surface area contributed by atoms with Crippen molar-refractivity contribution in [3.63, 3.8) is 0 Å². The molecule has 2 rings (SSSR count). The van der Waals surface area contributed by atoms with E-state index in [1.807, 2.05) is 0 Å². The number of carbonyl (C=O) groups is 1. The van der Waals surface area contributed by atoms with E-state index < -0.39 is 15.9 Å². The van der Waals surface area contributed by atoms with E-state index in [-0.39, 0.29) is 17.0 Å². The first-order valence-electron chi connectivity index (χ1n) is 8.91. The van der Waals surface area contributed by atoms with Crippen LogP contribution in [0.2, 0.25) is 0 Å². The summed E-state index contributed by atoms with van der Waals surface area (Å²) in [6, 6.07) is 6.00. The minimum absolute atomic E-state index is 0.0190. The maximum absolute atomic E-state index is 13.0. The lowest BCUT2D eigenvalue weighted by Crippen LogP contribution is -2.24. The molecule has 2 N–H and O–H groups in total. The third-order valence-corrected chi connectivity index (χ3v) is 5.94. The third-order valence-electron chi connectivity index (χ3n) is 4.40. The average Bonchev–Trinajstić information content (AvgIpc) is 2.67. The first-order chi connectivity index (χ1) is 13.7. The summed E-state index contributed by atoms with van der Waals surface area (Å²) < 4.78 is 43.1. The van der Waals surface area contributed by atoms with Crippen LogP contribution in [0, 0.1) is 13.8 Å². The van der Waals surface area contributed by atoms with Crippen molar-refractivity contribution < 1.29 is 27.4 Å². The van der Waals surface area contributed by atoms with Gasteiger partial charge in [0.2, 0.25) is 10.0 Å². The Bertz CT molecular complexity index is 1020. The highest BCUT2D eigenvalue weighted by molar-refractivity contribution is 7.89. The molecule has 8 nitrogen and oxygen atoms in total. The fraction of sp³-hybridized carbons (Fsp3) is 0.350. The smallest absolute Gasteiger partial charge is 0.256 e. The third kappa shape index (κ3) is 4.63. The van der Waals surface area contributed by atoms with Crippen LogP contribution in [0.15, 0.2) is 29.2 Å². The minimum atomic E-state index is -3.69. The molecule has 29 heavy (non-hydrogen) atoms. The highest BCUT2D eigenvalue weighted by atomic mass is 32.2. The second-order valence-electron chi connectivity index (χ2n) is 6.25. The number of ether oxygens (including phenoxy) is 3. The molecule has 0 fully saturated rings. The summed E-state index contributed by atoms with van der Waals surface area (Å²) in [6.45, 7) is 5.45. The Morgan fingerprint density at radius 2 is 1.66 bits per heavy atom. The molecule has 0 atom stereocenters.